The van der Waals surface area contributed by atoms with E-state index in [0.29, 0.717) is 23.2 Å². The second-order valence-electron chi connectivity index (χ2n) is 8.28. The molecule has 0 spiro atoms. The summed E-state index contributed by atoms with van der Waals surface area (Å²) in [5, 5.41) is 8.70. The summed E-state index contributed by atoms with van der Waals surface area (Å²) in [6, 6.07) is 13.8. The number of benzene rings is 2. The summed E-state index contributed by atoms with van der Waals surface area (Å²) < 4.78 is 0. The van der Waals surface area contributed by atoms with Crippen LogP contribution in [0, 0.1) is 12.8 Å². The fourth-order valence-corrected chi connectivity index (χ4v) is 3.14. The summed E-state index contributed by atoms with van der Waals surface area (Å²) in [5.41, 5.74) is 2.60. The second kappa shape index (κ2) is 9.57. The Morgan fingerprint density at radius 2 is 1.73 bits per heavy atom. The Kier molecular flexibility index (Phi) is 6.87. The van der Waals surface area contributed by atoms with Gasteiger partial charge in [0, 0.05) is 23.7 Å². The zero-order chi connectivity index (χ0) is 21.7. The van der Waals surface area contributed by atoms with Gasteiger partial charge in [-0.15, -0.1) is 0 Å². The zero-order valence-corrected chi connectivity index (χ0v) is 17.7. The van der Waals surface area contributed by atoms with Crippen LogP contribution >= 0.6 is 0 Å². The van der Waals surface area contributed by atoms with Crippen LogP contribution in [0.5, 0.6) is 0 Å². The Morgan fingerprint density at radius 3 is 2.37 bits per heavy atom. The van der Waals surface area contributed by atoms with Crippen LogP contribution in [-0.4, -0.2) is 23.8 Å². The predicted octanol–water partition coefficient (Wildman–Crippen LogP) is 3.73. The Morgan fingerprint density at radius 1 is 1.03 bits per heavy atom. The van der Waals surface area contributed by atoms with E-state index in [1.807, 2.05) is 57.2 Å². The lowest BCUT2D eigenvalue weighted by Crippen LogP contribution is -2.37. The van der Waals surface area contributed by atoms with Crippen LogP contribution in [0.3, 0.4) is 0 Å². The maximum atomic E-state index is 13.1. The molecular weight excluding hydrogens is 378 g/mol. The Bertz CT molecular complexity index is 921. The molecule has 158 valence electrons. The minimum Gasteiger partial charge on any atom is -0.349 e. The third-order valence-electron chi connectivity index (χ3n) is 4.96. The summed E-state index contributed by atoms with van der Waals surface area (Å²) in [6.45, 7) is 5.78. The first-order chi connectivity index (χ1) is 14.3. The summed E-state index contributed by atoms with van der Waals surface area (Å²) in [5.74, 6) is -0.476. The molecule has 0 saturated heterocycles. The van der Waals surface area contributed by atoms with Crippen LogP contribution in [0.25, 0.3) is 0 Å². The minimum atomic E-state index is -0.819. The number of nitrogens with one attached hydrogen (secondary N) is 3. The number of aryl methyl sites for hydroxylation is 1. The number of carbonyl (C=O) groups excluding carboxylic acids is 3. The highest BCUT2D eigenvalue weighted by Gasteiger charge is 2.25. The largest absolute Gasteiger partial charge is 0.349 e. The van der Waals surface area contributed by atoms with E-state index >= 15 is 0 Å². The van der Waals surface area contributed by atoms with E-state index in [1.54, 1.807) is 12.1 Å². The average molecular weight is 408 g/mol. The van der Waals surface area contributed by atoms with E-state index < -0.39 is 6.04 Å². The van der Waals surface area contributed by atoms with Crippen molar-refractivity contribution in [1.82, 2.24) is 10.6 Å². The van der Waals surface area contributed by atoms with Crippen LogP contribution in [-0.2, 0) is 9.59 Å². The molecular formula is C24H29N3O3. The lowest BCUT2D eigenvalue weighted by Gasteiger charge is -2.20. The van der Waals surface area contributed by atoms with Crippen molar-refractivity contribution in [3.63, 3.8) is 0 Å². The van der Waals surface area contributed by atoms with Gasteiger partial charge in [0.1, 0.15) is 6.04 Å². The molecule has 6 nitrogen and oxygen atoms in total. The molecule has 3 amide bonds. The molecule has 1 atom stereocenters. The van der Waals surface area contributed by atoms with E-state index in [2.05, 4.69) is 16.0 Å². The first kappa shape index (κ1) is 21.6. The molecule has 1 unspecified atom stereocenters. The molecule has 1 aliphatic rings. The monoisotopic (exact) mass is 407 g/mol. The maximum absolute atomic E-state index is 13.1. The molecule has 6 heteroatoms. The molecule has 2 aromatic carbocycles. The van der Waals surface area contributed by atoms with Gasteiger partial charge in [-0.05, 0) is 48.9 Å². The van der Waals surface area contributed by atoms with Crippen molar-refractivity contribution in [2.75, 3.05) is 5.32 Å². The molecule has 2 aromatic rings. The molecule has 30 heavy (non-hydrogen) atoms. The van der Waals surface area contributed by atoms with Crippen molar-refractivity contribution >= 4 is 23.4 Å². The van der Waals surface area contributed by atoms with Gasteiger partial charge in [0.15, 0.2) is 0 Å². The SMILES string of the molecule is Cc1ccc(C(=O)NC2CC2)cc1NC(=O)C(NC(=O)CC(C)C)c1ccccc1. The van der Waals surface area contributed by atoms with Gasteiger partial charge in [0.25, 0.3) is 11.8 Å². The van der Waals surface area contributed by atoms with Gasteiger partial charge in [-0.25, -0.2) is 0 Å². The molecule has 3 rings (SSSR count). The van der Waals surface area contributed by atoms with Gasteiger partial charge < -0.3 is 16.0 Å². The maximum Gasteiger partial charge on any atom is 0.251 e. The molecule has 3 N–H and O–H groups in total. The van der Waals surface area contributed by atoms with Gasteiger partial charge in [0.05, 0.1) is 0 Å². The van der Waals surface area contributed by atoms with E-state index in [9.17, 15) is 14.4 Å². The van der Waals surface area contributed by atoms with E-state index in [1.165, 1.54) is 0 Å². The molecule has 1 aliphatic carbocycles. The molecule has 1 saturated carbocycles. The highest BCUT2D eigenvalue weighted by atomic mass is 16.2. The highest BCUT2D eigenvalue weighted by Crippen LogP contribution is 2.23. The molecule has 0 heterocycles. The minimum absolute atomic E-state index is 0.141. The summed E-state index contributed by atoms with van der Waals surface area (Å²) in [4.78, 5) is 37.9. The Balaban J connectivity index is 1.79. The lowest BCUT2D eigenvalue weighted by molar-refractivity contribution is -0.127. The Hall–Kier alpha value is -3.15. The van der Waals surface area contributed by atoms with Crippen molar-refractivity contribution < 1.29 is 14.4 Å². The number of hydrogen-bond donors (Lipinski definition) is 3. The standard InChI is InChI=1S/C24H29N3O3/c1-15(2)13-21(28)27-22(17-7-5-4-6-8-17)24(30)26-20-14-18(10-9-16(20)3)23(29)25-19-11-12-19/h4-10,14-15,19,22H,11-13H2,1-3H3,(H,25,29)(H,26,30)(H,27,28). The van der Waals surface area contributed by atoms with Crippen LogP contribution in [0.2, 0.25) is 0 Å². The molecule has 0 aliphatic heterocycles. The van der Waals surface area contributed by atoms with Gasteiger partial charge in [-0.2, -0.15) is 0 Å². The van der Waals surface area contributed by atoms with Gasteiger partial charge in [0.2, 0.25) is 5.91 Å². The fraction of sp³-hybridized carbons (Fsp3) is 0.375. The van der Waals surface area contributed by atoms with Crippen molar-refractivity contribution in [1.29, 1.82) is 0 Å². The first-order valence-corrected chi connectivity index (χ1v) is 10.4. The van der Waals surface area contributed by atoms with E-state index in [-0.39, 0.29) is 29.7 Å². The highest BCUT2D eigenvalue weighted by molar-refractivity contribution is 6.00. The summed E-state index contributed by atoms with van der Waals surface area (Å²) >= 11 is 0. The van der Waals surface area contributed by atoms with Crippen LogP contribution < -0.4 is 16.0 Å². The van der Waals surface area contributed by atoms with E-state index in [0.717, 1.165) is 18.4 Å². The van der Waals surface area contributed by atoms with Crippen molar-refractivity contribution in [3.05, 3.63) is 65.2 Å². The topological polar surface area (TPSA) is 87.3 Å². The second-order valence-corrected chi connectivity index (χ2v) is 8.28. The molecule has 0 bridgehead atoms. The van der Waals surface area contributed by atoms with Crippen LogP contribution in [0.1, 0.15) is 60.6 Å². The van der Waals surface area contributed by atoms with Crippen molar-refractivity contribution in [2.45, 2.75) is 52.1 Å². The molecule has 0 aromatic heterocycles. The van der Waals surface area contributed by atoms with Crippen molar-refractivity contribution in [2.24, 2.45) is 5.92 Å². The number of carbonyl (C=O) groups is 3. The van der Waals surface area contributed by atoms with Crippen LogP contribution in [0.4, 0.5) is 5.69 Å². The van der Waals surface area contributed by atoms with Gasteiger partial charge in [-0.3, -0.25) is 14.4 Å². The molecule has 0 radical (unpaired) electrons. The fourth-order valence-electron chi connectivity index (χ4n) is 3.14. The lowest BCUT2D eigenvalue weighted by atomic mass is 10.0. The van der Waals surface area contributed by atoms with Crippen LogP contribution in [0.15, 0.2) is 48.5 Å². The van der Waals surface area contributed by atoms with Crippen molar-refractivity contribution in [3.8, 4) is 0 Å². The van der Waals surface area contributed by atoms with E-state index in [4.69, 9.17) is 0 Å². The quantitative estimate of drug-likeness (QED) is 0.623. The summed E-state index contributed by atoms with van der Waals surface area (Å²) in [6.07, 6.45) is 2.36. The number of amides is 3. The van der Waals surface area contributed by atoms with Gasteiger partial charge in [-0.1, -0.05) is 50.2 Å². The zero-order valence-electron chi connectivity index (χ0n) is 17.7. The number of rotatable bonds is 8. The normalized spacial score (nSPS) is 14.1. The molecule has 1 fully saturated rings. The number of hydrogen-bond acceptors (Lipinski definition) is 3. The predicted molar refractivity (Wildman–Crippen MR) is 117 cm³/mol. The number of anilines is 1. The Labute approximate surface area is 177 Å². The smallest absolute Gasteiger partial charge is 0.251 e. The third kappa shape index (κ3) is 5.92. The first-order valence-electron chi connectivity index (χ1n) is 10.4. The van der Waals surface area contributed by atoms with Gasteiger partial charge >= 0.3 is 0 Å². The summed E-state index contributed by atoms with van der Waals surface area (Å²) in [7, 11) is 0. The average Bonchev–Trinajstić information content (AvgIpc) is 3.51. The third-order valence-corrected chi connectivity index (χ3v) is 4.96.